The first-order valence-corrected chi connectivity index (χ1v) is 13.4. The lowest BCUT2D eigenvalue weighted by molar-refractivity contribution is -0.384. The lowest BCUT2D eigenvalue weighted by Crippen LogP contribution is -2.43. The van der Waals surface area contributed by atoms with Gasteiger partial charge in [0.2, 0.25) is 0 Å². The second kappa shape index (κ2) is 9.31. The summed E-state index contributed by atoms with van der Waals surface area (Å²) in [5, 5.41) is 18.1. The fourth-order valence-electron chi connectivity index (χ4n) is 6.91. The van der Waals surface area contributed by atoms with Crippen molar-refractivity contribution in [3.05, 3.63) is 141 Å². The van der Waals surface area contributed by atoms with Crippen molar-refractivity contribution < 1.29 is 24.0 Å². The standard InChI is InChI=1S/C33H23N3O6/c1-42-23-15-13-19(14-16-23)29(37)28-27(20-8-6-9-22(17-20)36(40)41)33(31(38)25-11-4-5-12-26(25)32(33)39)30-24-10-3-2-7-21(24)18-34-35(28)30/h2-18,27-28,30H,1H3/t27-,28+,30+/m1/s1. The molecule has 4 aromatic carbocycles. The van der Waals surface area contributed by atoms with Crippen molar-refractivity contribution in [1.82, 2.24) is 5.01 Å². The molecule has 4 aromatic rings. The van der Waals surface area contributed by atoms with Gasteiger partial charge in [-0.1, -0.05) is 60.7 Å². The molecule has 0 aromatic heterocycles. The number of hydrogen-bond donors (Lipinski definition) is 0. The Kier molecular flexibility index (Phi) is 5.65. The molecule has 42 heavy (non-hydrogen) atoms. The number of carbonyl (C=O) groups excluding carboxylic acids is 3. The van der Waals surface area contributed by atoms with Crippen molar-refractivity contribution in [3.8, 4) is 5.75 Å². The molecule has 9 heteroatoms. The van der Waals surface area contributed by atoms with Gasteiger partial charge in [-0.2, -0.15) is 5.10 Å². The van der Waals surface area contributed by atoms with Crippen molar-refractivity contribution in [2.24, 2.45) is 10.5 Å². The van der Waals surface area contributed by atoms with E-state index in [9.17, 15) is 24.5 Å². The highest BCUT2D eigenvalue weighted by Crippen LogP contribution is 2.64. The highest BCUT2D eigenvalue weighted by Gasteiger charge is 2.72. The number of hydrogen-bond acceptors (Lipinski definition) is 8. The lowest BCUT2D eigenvalue weighted by Gasteiger charge is -2.36. The minimum absolute atomic E-state index is 0.206. The van der Waals surface area contributed by atoms with Crippen LogP contribution in [0, 0.1) is 15.5 Å². The number of ketones is 3. The van der Waals surface area contributed by atoms with Crippen LogP contribution in [-0.4, -0.2) is 46.6 Å². The van der Waals surface area contributed by atoms with Crippen LogP contribution < -0.4 is 4.74 Å². The number of non-ortho nitro benzene ring substituents is 1. The Morgan fingerprint density at radius 2 is 1.57 bits per heavy atom. The van der Waals surface area contributed by atoms with Gasteiger partial charge < -0.3 is 4.74 Å². The van der Waals surface area contributed by atoms with Gasteiger partial charge in [-0.05, 0) is 41.0 Å². The molecule has 0 unspecified atom stereocenters. The number of carbonyl (C=O) groups is 3. The fraction of sp³-hybridized carbons (Fsp3) is 0.152. The molecule has 3 aliphatic rings. The van der Waals surface area contributed by atoms with E-state index in [2.05, 4.69) is 0 Å². The molecular weight excluding hydrogens is 534 g/mol. The third kappa shape index (κ3) is 3.36. The van der Waals surface area contributed by atoms with Gasteiger partial charge in [0, 0.05) is 34.7 Å². The fourth-order valence-corrected chi connectivity index (χ4v) is 6.91. The van der Waals surface area contributed by atoms with Crippen molar-refractivity contribution in [3.63, 3.8) is 0 Å². The van der Waals surface area contributed by atoms with Gasteiger partial charge in [0.1, 0.15) is 17.2 Å². The summed E-state index contributed by atoms with van der Waals surface area (Å²) in [6.45, 7) is 0. The van der Waals surface area contributed by atoms with Crippen LogP contribution in [0.15, 0.2) is 102 Å². The summed E-state index contributed by atoms with van der Waals surface area (Å²) >= 11 is 0. The highest BCUT2D eigenvalue weighted by atomic mass is 16.6. The molecule has 0 radical (unpaired) electrons. The number of hydrazone groups is 1. The molecule has 1 spiro atoms. The number of nitro benzene ring substituents is 1. The number of Topliss-reactive ketones (excluding diaryl/α,β-unsaturated/α-hetero) is 3. The van der Waals surface area contributed by atoms with Crippen molar-refractivity contribution in [1.29, 1.82) is 0 Å². The minimum Gasteiger partial charge on any atom is -0.497 e. The molecule has 1 aliphatic carbocycles. The van der Waals surface area contributed by atoms with Crippen LogP contribution in [0.2, 0.25) is 0 Å². The number of rotatable bonds is 5. The second-order valence-electron chi connectivity index (χ2n) is 10.6. The van der Waals surface area contributed by atoms with Gasteiger partial charge in [-0.3, -0.25) is 29.5 Å². The molecule has 0 amide bonds. The number of nitrogens with zero attached hydrogens (tertiary/aromatic N) is 3. The van der Waals surface area contributed by atoms with E-state index in [1.54, 1.807) is 65.8 Å². The maximum atomic E-state index is 14.7. The van der Waals surface area contributed by atoms with Crippen molar-refractivity contribution in [2.45, 2.75) is 18.0 Å². The predicted molar refractivity (Wildman–Crippen MR) is 153 cm³/mol. The van der Waals surface area contributed by atoms with E-state index >= 15 is 0 Å². The Bertz CT molecular complexity index is 1810. The summed E-state index contributed by atoms with van der Waals surface area (Å²) in [4.78, 5) is 55.3. The molecule has 9 nitrogen and oxygen atoms in total. The Labute approximate surface area is 240 Å². The lowest BCUT2D eigenvalue weighted by atomic mass is 9.63. The number of fused-ring (bicyclic) bond motifs is 5. The third-order valence-corrected chi connectivity index (χ3v) is 8.66. The summed E-state index contributed by atoms with van der Waals surface area (Å²) in [6, 6.07) is 24.4. The summed E-state index contributed by atoms with van der Waals surface area (Å²) in [5.41, 5.74) is 0.601. The zero-order chi connectivity index (χ0) is 29.2. The minimum atomic E-state index is -1.81. The largest absolute Gasteiger partial charge is 0.497 e. The van der Waals surface area contributed by atoms with Crippen molar-refractivity contribution in [2.75, 3.05) is 7.11 Å². The first kappa shape index (κ1) is 25.5. The third-order valence-electron chi connectivity index (χ3n) is 8.66. The molecule has 1 fully saturated rings. The molecule has 206 valence electrons. The number of nitro groups is 1. The molecule has 0 N–H and O–H groups in total. The Hall–Kier alpha value is -5.44. The van der Waals surface area contributed by atoms with Crippen LogP contribution in [0.1, 0.15) is 59.7 Å². The van der Waals surface area contributed by atoms with E-state index in [0.29, 0.717) is 22.4 Å². The van der Waals surface area contributed by atoms with E-state index in [4.69, 9.17) is 9.84 Å². The maximum absolute atomic E-state index is 14.7. The van der Waals surface area contributed by atoms with Crippen LogP contribution in [0.25, 0.3) is 0 Å². The SMILES string of the molecule is COc1ccc(C(=O)[C@@H]2[C@@H](c3cccc([N+](=O)[O-])c3)C3(C(=O)c4ccccc4C3=O)[C@@H]3c4ccccc4C=NN23)cc1. The smallest absolute Gasteiger partial charge is 0.269 e. The average Bonchev–Trinajstić information content (AvgIpc) is 3.47. The van der Waals surface area contributed by atoms with Crippen LogP contribution in [0.4, 0.5) is 5.69 Å². The zero-order valence-corrected chi connectivity index (χ0v) is 22.3. The Morgan fingerprint density at radius 1 is 0.905 bits per heavy atom. The first-order chi connectivity index (χ1) is 20.4. The summed E-state index contributed by atoms with van der Waals surface area (Å²) in [5.74, 6) is -1.75. The quantitative estimate of drug-likeness (QED) is 0.139. The topological polar surface area (TPSA) is 119 Å². The van der Waals surface area contributed by atoms with Crippen LogP contribution in [0.3, 0.4) is 0 Å². The van der Waals surface area contributed by atoms with Crippen molar-refractivity contribution >= 4 is 29.3 Å². The van der Waals surface area contributed by atoms with E-state index in [1.165, 1.54) is 25.3 Å². The number of benzene rings is 4. The van der Waals surface area contributed by atoms with Gasteiger partial charge in [-0.15, -0.1) is 0 Å². The molecule has 2 heterocycles. The molecule has 0 bridgehead atoms. The summed E-state index contributed by atoms with van der Waals surface area (Å²) < 4.78 is 5.27. The number of methoxy groups -OCH3 is 1. The van der Waals surface area contributed by atoms with Gasteiger partial charge in [-0.25, -0.2) is 0 Å². The molecule has 1 saturated heterocycles. The van der Waals surface area contributed by atoms with E-state index in [0.717, 1.165) is 5.56 Å². The predicted octanol–water partition coefficient (Wildman–Crippen LogP) is 5.41. The van der Waals surface area contributed by atoms with Gasteiger partial charge in [0.15, 0.2) is 17.3 Å². The molecule has 0 saturated carbocycles. The van der Waals surface area contributed by atoms with Crippen LogP contribution in [-0.2, 0) is 0 Å². The van der Waals surface area contributed by atoms with E-state index in [1.807, 2.05) is 24.3 Å². The van der Waals surface area contributed by atoms with E-state index < -0.39 is 39.9 Å². The van der Waals surface area contributed by atoms with Crippen LogP contribution >= 0.6 is 0 Å². The molecular formula is C33H23N3O6. The molecule has 7 rings (SSSR count). The Morgan fingerprint density at radius 3 is 2.24 bits per heavy atom. The number of ether oxygens (including phenoxy) is 1. The normalized spacial score (nSPS) is 21.2. The monoisotopic (exact) mass is 557 g/mol. The van der Waals surface area contributed by atoms with Gasteiger partial charge >= 0.3 is 0 Å². The molecule has 3 atom stereocenters. The van der Waals surface area contributed by atoms with E-state index in [-0.39, 0.29) is 22.6 Å². The summed E-state index contributed by atoms with van der Waals surface area (Å²) in [7, 11) is 1.52. The van der Waals surface area contributed by atoms with Gasteiger partial charge in [0.05, 0.1) is 24.3 Å². The Balaban J connectivity index is 1.54. The van der Waals surface area contributed by atoms with Crippen LogP contribution in [0.5, 0.6) is 5.75 Å². The first-order valence-electron chi connectivity index (χ1n) is 13.4. The van der Waals surface area contributed by atoms with Gasteiger partial charge in [0.25, 0.3) is 5.69 Å². The maximum Gasteiger partial charge on any atom is 0.269 e. The summed E-state index contributed by atoms with van der Waals surface area (Å²) in [6.07, 6.45) is 1.63. The zero-order valence-electron chi connectivity index (χ0n) is 22.3. The second-order valence-corrected chi connectivity index (χ2v) is 10.6. The highest BCUT2D eigenvalue weighted by molar-refractivity contribution is 6.31. The average molecular weight is 558 g/mol. The molecule has 2 aliphatic heterocycles.